The fraction of sp³-hybridized carbons (Fsp3) is 0.273. The molecule has 0 aromatic heterocycles. The number of anilines is 1. The minimum Gasteiger partial charge on any atom is -0.495 e. The first-order valence-electron chi connectivity index (χ1n) is 4.99. The Morgan fingerprint density at radius 1 is 1.47 bits per heavy atom. The van der Waals surface area contributed by atoms with Crippen LogP contribution in [0.3, 0.4) is 0 Å². The number of nitrogens with two attached hydrogens (primary N) is 1. The Kier molecular flexibility index (Phi) is 4.47. The molecule has 0 atom stereocenters. The average Bonchev–Trinajstić information content (AvgIpc) is 2.29. The topological polar surface area (TPSA) is 102 Å². The minimum atomic E-state index is -1.07. The van der Waals surface area contributed by atoms with Crippen molar-refractivity contribution in [3.8, 4) is 5.75 Å². The van der Waals surface area contributed by atoms with Gasteiger partial charge in [0.05, 0.1) is 18.4 Å². The summed E-state index contributed by atoms with van der Waals surface area (Å²) >= 11 is 0. The van der Waals surface area contributed by atoms with Crippen molar-refractivity contribution in [2.45, 2.75) is 6.42 Å². The largest absolute Gasteiger partial charge is 0.495 e. The van der Waals surface area contributed by atoms with Gasteiger partial charge in [0.15, 0.2) is 0 Å². The Morgan fingerprint density at radius 3 is 2.71 bits per heavy atom. The highest BCUT2D eigenvalue weighted by molar-refractivity contribution is 5.95. The Bertz CT molecular complexity index is 431. The third-order valence-electron chi connectivity index (χ3n) is 2.09. The lowest BCUT2D eigenvalue weighted by Crippen LogP contribution is -2.17. The van der Waals surface area contributed by atoms with Crippen LogP contribution in [-0.4, -0.2) is 30.6 Å². The summed E-state index contributed by atoms with van der Waals surface area (Å²) in [5.74, 6) is -0.948. The van der Waals surface area contributed by atoms with Gasteiger partial charge in [-0.25, -0.2) is 4.79 Å². The lowest BCUT2D eigenvalue weighted by Gasteiger charge is -2.10. The lowest BCUT2D eigenvalue weighted by atomic mass is 10.2. The predicted molar refractivity (Wildman–Crippen MR) is 62.3 cm³/mol. The second kappa shape index (κ2) is 5.86. The zero-order valence-corrected chi connectivity index (χ0v) is 9.40. The quantitative estimate of drug-likeness (QED) is 0.700. The molecule has 6 heteroatoms. The fourth-order valence-electron chi connectivity index (χ4n) is 1.28. The van der Waals surface area contributed by atoms with Crippen LogP contribution in [0.4, 0.5) is 5.69 Å². The molecular weight excluding hydrogens is 224 g/mol. The van der Waals surface area contributed by atoms with E-state index >= 15 is 0 Å². The van der Waals surface area contributed by atoms with E-state index < -0.39 is 5.97 Å². The maximum atomic E-state index is 11.4. The van der Waals surface area contributed by atoms with Gasteiger partial charge in [0, 0.05) is 13.0 Å². The molecule has 0 fully saturated rings. The van der Waals surface area contributed by atoms with E-state index in [1.54, 1.807) is 0 Å². The van der Waals surface area contributed by atoms with Crippen LogP contribution in [0.1, 0.15) is 16.8 Å². The SMILES string of the molecule is COc1ccc(C(=O)O)cc1NC(=O)CCN. The van der Waals surface area contributed by atoms with E-state index in [0.717, 1.165) is 0 Å². The third kappa shape index (κ3) is 3.46. The number of benzene rings is 1. The van der Waals surface area contributed by atoms with Gasteiger partial charge in [-0.15, -0.1) is 0 Å². The molecule has 0 aliphatic heterocycles. The van der Waals surface area contributed by atoms with Gasteiger partial charge in [0.2, 0.25) is 5.91 Å². The number of rotatable bonds is 5. The molecule has 0 aliphatic rings. The normalized spacial score (nSPS) is 9.76. The van der Waals surface area contributed by atoms with Gasteiger partial charge in [-0.2, -0.15) is 0 Å². The Morgan fingerprint density at radius 2 is 2.18 bits per heavy atom. The molecule has 6 nitrogen and oxygen atoms in total. The van der Waals surface area contributed by atoms with Crippen molar-refractivity contribution >= 4 is 17.6 Å². The number of aromatic carboxylic acids is 1. The van der Waals surface area contributed by atoms with Gasteiger partial charge in [0.1, 0.15) is 5.75 Å². The van der Waals surface area contributed by atoms with E-state index in [1.807, 2.05) is 0 Å². The molecule has 0 aliphatic carbocycles. The van der Waals surface area contributed by atoms with Crippen molar-refractivity contribution in [1.82, 2.24) is 0 Å². The number of carboxylic acid groups (broad SMARTS) is 1. The van der Waals surface area contributed by atoms with Crippen LogP contribution in [0.15, 0.2) is 18.2 Å². The zero-order chi connectivity index (χ0) is 12.8. The van der Waals surface area contributed by atoms with Gasteiger partial charge in [-0.1, -0.05) is 0 Å². The Labute approximate surface area is 98.4 Å². The monoisotopic (exact) mass is 238 g/mol. The van der Waals surface area contributed by atoms with Crippen LogP contribution >= 0.6 is 0 Å². The van der Waals surface area contributed by atoms with E-state index in [0.29, 0.717) is 11.4 Å². The van der Waals surface area contributed by atoms with E-state index in [-0.39, 0.29) is 24.4 Å². The number of carbonyl (C=O) groups excluding carboxylic acids is 1. The highest BCUT2D eigenvalue weighted by Crippen LogP contribution is 2.25. The Balaban J connectivity index is 2.97. The second-order valence-electron chi connectivity index (χ2n) is 3.31. The van der Waals surface area contributed by atoms with E-state index in [2.05, 4.69) is 5.32 Å². The van der Waals surface area contributed by atoms with Crippen molar-refractivity contribution in [2.75, 3.05) is 19.0 Å². The van der Waals surface area contributed by atoms with Crippen LogP contribution < -0.4 is 15.8 Å². The van der Waals surface area contributed by atoms with E-state index in [1.165, 1.54) is 25.3 Å². The minimum absolute atomic E-state index is 0.0776. The van der Waals surface area contributed by atoms with Gasteiger partial charge in [0.25, 0.3) is 0 Å². The first-order chi connectivity index (χ1) is 8.08. The maximum absolute atomic E-state index is 11.4. The summed E-state index contributed by atoms with van der Waals surface area (Å²) in [6, 6.07) is 4.23. The maximum Gasteiger partial charge on any atom is 0.335 e. The predicted octanol–water partition coefficient (Wildman–Crippen LogP) is 0.681. The first kappa shape index (κ1) is 13.0. The molecule has 0 bridgehead atoms. The zero-order valence-electron chi connectivity index (χ0n) is 9.40. The number of carbonyl (C=O) groups is 2. The number of amides is 1. The fourth-order valence-corrected chi connectivity index (χ4v) is 1.28. The summed E-state index contributed by atoms with van der Waals surface area (Å²) in [4.78, 5) is 22.2. The van der Waals surface area contributed by atoms with Crippen molar-refractivity contribution in [2.24, 2.45) is 5.73 Å². The van der Waals surface area contributed by atoms with Gasteiger partial charge in [-0.05, 0) is 18.2 Å². The van der Waals surface area contributed by atoms with Gasteiger partial charge >= 0.3 is 5.97 Å². The summed E-state index contributed by atoms with van der Waals surface area (Å²) in [7, 11) is 1.44. The highest BCUT2D eigenvalue weighted by atomic mass is 16.5. The number of hydrogen-bond donors (Lipinski definition) is 3. The van der Waals surface area contributed by atoms with Crippen LogP contribution in [0.2, 0.25) is 0 Å². The molecule has 0 spiro atoms. The molecule has 1 amide bonds. The molecule has 4 N–H and O–H groups in total. The molecule has 1 aromatic rings. The van der Waals surface area contributed by atoms with Crippen LogP contribution in [0.25, 0.3) is 0 Å². The summed E-state index contributed by atoms with van der Waals surface area (Å²) in [5, 5.41) is 11.4. The summed E-state index contributed by atoms with van der Waals surface area (Å²) in [6.07, 6.45) is 0.167. The average molecular weight is 238 g/mol. The number of methoxy groups -OCH3 is 1. The van der Waals surface area contributed by atoms with E-state index in [4.69, 9.17) is 15.6 Å². The molecule has 0 unspecified atom stereocenters. The van der Waals surface area contributed by atoms with Crippen LogP contribution in [0, 0.1) is 0 Å². The molecule has 92 valence electrons. The summed E-state index contributed by atoms with van der Waals surface area (Å²) in [5.41, 5.74) is 5.65. The van der Waals surface area contributed by atoms with Crippen LogP contribution in [-0.2, 0) is 4.79 Å². The van der Waals surface area contributed by atoms with Gasteiger partial charge < -0.3 is 20.9 Å². The van der Waals surface area contributed by atoms with Gasteiger partial charge in [-0.3, -0.25) is 4.79 Å². The van der Waals surface area contributed by atoms with Crippen molar-refractivity contribution < 1.29 is 19.4 Å². The molecule has 1 aromatic carbocycles. The molecule has 0 heterocycles. The lowest BCUT2D eigenvalue weighted by molar-refractivity contribution is -0.116. The number of nitrogens with one attached hydrogen (secondary N) is 1. The molecule has 0 radical (unpaired) electrons. The molecule has 17 heavy (non-hydrogen) atoms. The number of ether oxygens (including phenoxy) is 1. The van der Waals surface area contributed by atoms with Crippen LogP contribution in [0.5, 0.6) is 5.75 Å². The smallest absolute Gasteiger partial charge is 0.335 e. The standard InChI is InChI=1S/C11H14N2O4/c1-17-9-3-2-7(11(15)16)6-8(9)13-10(14)4-5-12/h2-3,6H,4-5,12H2,1H3,(H,13,14)(H,15,16). The summed E-state index contributed by atoms with van der Waals surface area (Å²) in [6.45, 7) is 0.229. The molecule has 1 rings (SSSR count). The molecule has 0 saturated heterocycles. The number of carboxylic acids is 1. The summed E-state index contributed by atoms with van der Waals surface area (Å²) < 4.78 is 5.02. The molecule has 0 saturated carbocycles. The highest BCUT2D eigenvalue weighted by Gasteiger charge is 2.11. The van der Waals surface area contributed by atoms with Crippen molar-refractivity contribution in [3.05, 3.63) is 23.8 Å². The van der Waals surface area contributed by atoms with Crippen molar-refractivity contribution in [1.29, 1.82) is 0 Å². The van der Waals surface area contributed by atoms with E-state index in [9.17, 15) is 9.59 Å². The Hall–Kier alpha value is -2.08. The first-order valence-corrected chi connectivity index (χ1v) is 4.99. The second-order valence-corrected chi connectivity index (χ2v) is 3.31. The number of hydrogen-bond acceptors (Lipinski definition) is 4. The third-order valence-corrected chi connectivity index (χ3v) is 2.09. The van der Waals surface area contributed by atoms with Crippen molar-refractivity contribution in [3.63, 3.8) is 0 Å². The molecular formula is C11H14N2O4.